The fourth-order valence-electron chi connectivity index (χ4n) is 3.40. The SMILES string of the molecule is Cc1noc(C)c1S(=O)(=O)N[C@@H](C)C(=O)N[C@@H]1CCCc2ccccc21. The molecule has 7 nitrogen and oxygen atoms in total. The lowest BCUT2D eigenvalue weighted by Crippen LogP contribution is -2.46. The zero-order chi connectivity index (χ0) is 18.9. The number of aromatic nitrogens is 1. The van der Waals surface area contributed by atoms with E-state index in [0.717, 1.165) is 24.8 Å². The first-order chi connectivity index (χ1) is 12.3. The smallest absolute Gasteiger partial charge is 0.246 e. The third-order valence-corrected chi connectivity index (χ3v) is 6.43. The maximum atomic E-state index is 12.6. The van der Waals surface area contributed by atoms with Crippen molar-refractivity contribution in [2.45, 2.75) is 57.0 Å². The molecule has 1 amide bonds. The van der Waals surface area contributed by atoms with Crippen LogP contribution in [0, 0.1) is 13.8 Å². The molecule has 1 aliphatic rings. The van der Waals surface area contributed by atoms with Crippen LogP contribution in [0.3, 0.4) is 0 Å². The molecule has 1 aliphatic carbocycles. The monoisotopic (exact) mass is 377 g/mol. The lowest BCUT2D eigenvalue weighted by molar-refractivity contribution is -0.123. The first-order valence-corrected chi connectivity index (χ1v) is 10.1. The minimum absolute atomic E-state index is 0.0137. The van der Waals surface area contributed by atoms with E-state index < -0.39 is 16.1 Å². The van der Waals surface area contributed by atoms with Crippen molar-refractivity contribution >= 4 is 15.9 Å². The third-order valence-electron chi connectivity index (χ3n) is 4.65. The number of benzene rings is 1. The van der Waals surface area contributed by atoms with Gasteiger partial charge in [0.05, 0.1) is 12.1 Å². The van der Waals surface area contributed by atoms with Crippen molar-refractivity contribution in [2.24, 2.45) is 0 Å². The Morgan fingerprint density at radius 1 is 1.31 bits per heavy atom. The average Bonchev–Trinajstić information content (AvgIpc) is 2.94. The van der Waals surface area contributed by atoms with Gasteiger partial charge in [-0.1, -0.05) is 29.4 Å². The van der Waals surface area contributed by atoms with Crippen LogP contribution in [0.4, 0.5) is 0 Å². The highest BCUT2D eigenvalue weighted by Crippen LogP contribution is 2.29. The molecule has 2 atom stereocenters. The minimum Gasteiger partial charge on any atom is -0.360 e. The van der Waals surface area contributed by atoms with Crippen molar-refractivity contribution in [3.05, 3.63) is 46.8 Å². The molecule has 0 spiro atoms. The molecule has 0 fully saturated rings. The number of carbonyl (C=O) groups is 1. The molecule has 26 heavy (non-hydrogen) atoms. The van der Waals surface area contributed by atoms with Crippen LogP contribution in [0.5, 0.6) is 0 Å². The maximum absolute atomic E-state index is 12.6. The van der Waals surface area contributed by atoms with Crippen molar-refractivity contribution in [3.8, 4) is 0 Å². The van der Waals surface area contributed by atoms with E-state index in [4.69, 9.17) is 4.52 Å². The Labute approximate surface area is 153 Å². The Kier molecular flexibility index (Phi) is 5.15. The number of aryl methyl sites for hydroxylation is 3. The summed E-state index contributed by atoms with van der Waals surface area (Å²) in [5.74, 6) is -0.161. The van der Waals surface area contributed by atoms with Gasteiger partial charge in [-0.15, -0.1) is 0 Å². The van der Waals surface area contributed by atoms with Crippen molar-refractivity contribution in [1.82, 2.24) is 15.2 Å². The van der Waals surface area contributed by atoms with E-state index in [0.29, 0.717) is 0 Å². The van der Waals surface area contributed by atoms with E-state index in [9.17, 15) is 13.2 Å². The molecule has 1 aromatic heterocycles. The predicted molar refractivity (Wildman–Crippen MR) is 96.0 cm³/mol. The summed E-state index contributed by atoms with van der Waals surface area (Å²) >= 11 is 0. The Balaban J connectivity index is 1.71. The molecule has 140 valence electrons. The lowest BCUT2D eigenvalue weighted by atomic mass is 9.87. The first kappa shape index (κ1) is 18.6. The van der Waals surface area contributed by atoms with Crippen LogP contribution in [0.25, 0.3) is 0 Å². The molecule has 1 aromatic carbocycles. The highest BCUT2D eigenvalue weighted by Gasteiger charge is 2.29. The zero-order valence-corrected chi connectivity index (χ0v) is 15.9. The van der Waals surface area contributed by atoms with Gasteiger partial charge >= 0.3 is 0 Å². The molecule has 0 unspecified atom stereocenters. The lowest BCUT2D eigenvalue weighted by Gasteiger charge is -2.27. The highest BCUT2D eigenvalue weighted by atomic mass is 32.2. The number of nitrogens with one attached hydrogen (secondary N) is 2. The summed E-state index contributed by atoms with van der Waals surface area (Å²) in [7, 11) is -3.89. The van der Waals surface area contributed by atoms with Gasteiger partial charge in [0.25, 0.3) is 0 Å². The highest BCUT2D eigenvalue weighted by molar-refractivity contribution is 7.89. The van der Waals surface area contributed by atoms with E-state index in [1.54, 1.807) is 6.92 Å². The largest absolute Gasteiger partial charge is 0.360 e. The van der Waals surface area contributed by atoms with E-state index in [2.05, 4.69) is 21.3 Å². The van der Waals surface area contributed by atoms with Crippen molar-refractivity contribution in [3.63, 3.8) is 0 Å². The van der Waals surface area contributed by atoms with Gasteiger partial charge < -0.3 is 9.84 Å². The quantitative estimate of drug-likeness (QED) is 0.831. The van der Waals surface area contributed by atoms with Crippen LogP contribution < -0.4 is 10.0 Å². The molecule has 8 heteroatoms. The molecular formula is C18H23N3O4S. The number of fused-ring (bicyclic) bond motifs is 1. The Morgan fingerprint density at radius 3 is 2.73 bits per heavy atom. The fourth-order valence-corrected chi connectivity index (χ4v) is 4.94. The molecule has 0 saturated heterocycles. The molecule has 0 aliphatic heterocycles. The third kappa shape index (κ3) is 3.66. The van der Waals surface area contributed by atoms with E-state index in [1.807, 2.05) is 18.2 Å². The molecule has 0 saturated carbocycles. The Morgan fingerprint density at radius 2 is 2.04 bits per heavy atom. The van der Waals surface area contributed by atoms with Crippen LogP contribution in [-0.4, -0.2) is 25.5 Å². The summed E-state index contributed by atoms with van der Waals surface area (Å²) < 4.78 is 32.4. The van der Waals surface area contributed by atoms with Crippen LogP contribution in [-0.2, 0) is 21.2 Å². The molecule has 2 N–H and O–H groups in total. The molecule has 0 radical (unpaired) electrons. The van der Waals surface area contributed by atoms with Crippen LogP contribution >= 0.6 is 0 Å². The van der Waals surface area contributed by atoms with Gasteiger partial charge in [-0.3, -0.25) is 4.79 Å². The summed E-state index contributed by atoms with van der Waals surface area (Å²) in [6, 6.07) is 7.01. The van der Waals surface area contributed by atoms with Crippen LogP contribution in [0.15, 0.2) is 33.7 Å². The summed E-state index contributed by atoms with van der Waals surface area (Å²) in [5, 5.41) is 6.63. The van der Waals surface area contributed by atoms with Gasteiger partial charge in [0.1, 0.15) is 10.6 Å². The number of sulfonamides is 1. The zero-order valence-electron chi connectivity index (χ0n) is 15.1. The Hall–Kier alpha value is -2.19. The van der Waals surface area contributed by atoms with E-state index >= 15 is 0 Å². The molecule has 2 aromatic rings. The number of hydrogen-bond donors (Lipinski definition) is 2. The number of hydrogen-bond acceptors (Lipinski definition) is 5. The van der Waals surface area contributed by atoms with Gasteiger partial charge in [-0.2, -0.15) is 4.72 Å². The number of rotatable bonds is 5. The predicted octanol–water partition coefficient (Wildman–Crippen LogP) is 2.15. The van der Waals surface area contributed by atoms with Crippen molar-refractivity contribution in [1.29, 1.82) is 0 Å². The molecule has 3 rings (SSSR count). The summed E-state index contributed by atoms with van der Waals surface area (Å²) in [5.41, 5.74) is 2.60. The van der Waals surface area contributed by atoms with Gasteiger partial charge in [0.2, 0.25) is 15.9 Å². The van der Waals surface area contributed by atoms with Gasteiger partial charge in [0.15, 0.2) is 5.76 Å². The minimum atomic E-state index is -3.89. The molecule has 0 bridgehead atoms. The number of nitrogens with zero attached hydrogens (tertiary/aromatic N) is 1. The second kappa shape index (κ2) is 7.20. The summed E-state index contributed by atoms with van der Waals surface area (Å²) in [4.78, 5) is 12.5. The van der Waals surface area contributed by atoms with Crippen LogP contribution in [0.1, 0.15) is 48.4 Å². The normalized spacial score (nSPS) is 18.2. The number of carbonyl (C=O) groups excluding carboxylic acids is 1. The van der Waals surface area contributed by atoms with E-state index in [1.165, 1.54) is 19.4 Å². The maximum Gasteiger partial charge on any atom is 0.246 e. The first-order valence-electron chi connectivity index (χ1n) is 8.63. The molecular weight excluding hydrogens is 354 g/mol. The standard InChI is InChI=1S/C18H23N3O4S/c1-11-17(13(3)25-20-11)26(23,24)21-12(2)18(22)19-16-10-6-8-14-7-4-5-9-15(14)16/h4-5,7,9,12,16,21H,6,8,10H2,1-3H3,(H,19,22)/t12-,16+/m0/s1. The van der Waals surface area contributed by atoms with Crippen molar-refractivity contribution in [2.75, 3.05) is 0 Å². The fraction of sp³-hybridized carbons (Fsp3) is 0.444. The van der Waals surface area contributed by atoms with Crippen LogP contribution in [0.2, 0.25) is 0 Å². The average molecular weight is 377 g/mol. The second-order valence-electron chi connectivity index (χ2n) is 6.65. The Bertz CT molecular complexity index is 901. The molecule has 1 heterocycles. The summed E-state index contributed by atoms with van der Waals surface area (Å²) in [6.07, 6.45) is 2.82. The van der Waals surface area contributed by atoms with Gasteiger partial charge in [0, 0.05) is 0 Å². The summed E-state index contributed by atoms with van der Waals surface area (Å²) in [6.45, 7) is 4.60. The second-order valence-corrected chi connectivity index (χ2v) is 8.30. The van der Waals surface area contributed by atoms with Crippen molar-refractivity contribution < 1.29 is 17.7 Å². The van der Waals surface area contributed by atoms with Gasteiger partial charge in [-0.05, 0) is 51.2 Å². The number of amides is 1. The van der Waals surface area contributed by atoms with Gasteiger partial charge in [-0.25, -0.2) is 8.42 Å². The topological polar surface area (TPSA) is 101 Å². The van der Waals surface area contributed by atoms with E-state index in [-0.39, 0.29) is 28.3 Å².